The normalized spacial score (nSPS) is 29.3. The van der Waals surface area contributed by atoms with Gasteiger partial charge in [-0.2, -0.15) is 0 Å². The van der Waals surface area contributed by atoms with Crippen molar-refractivity contribution >= 4 is 0 Å². The third-order valence-corrected chi connectivity index (χ3v) is 5.76. The largest absolute Gasteiger partial charge is 0.377 e. The Hall–Kier alpha value is -1.76. The van der Waals surface area contributed by atoms with Crippen LogP contribution in [0.15, 0.2) is 60.7 Å². The summed E-state index contributed by atoms with van der Waals surface area (Å²) >= 11 is 0. The highest BCUT2D eigenvalue weighted by atomic mass is 16.7. The van der Waals surface area contributed by atoms with Crippen molar-refractivity contribution in [1.29, 1.82) is 0 Å². The zero-order valence-corrected chi connectivity index (χ0v) is 17.5. The molecule has 2 fully saturated rings. The Labute approximate surface area is 173 Å². The summed E-state index contributed by atoms with van der Waals surface area (Å²) in [5, 5.41) is 0. The molecule has 2 aromatic carbocycles. The predicted octanol–water partition coefficient (Wildman–Crippen LogP) is 3.62. The third-order valence-electron chi connectivity index (χ3n) is 5.76. The van der Waals surface area contributed by atoms with E-state index < -0.39 is 5.79 Å². The van der Waals surface area contributed by atoms with Crippen molar-refractivity contribution in [3.05, 3.63) is 71.8 Å². The van der Waals surface area contributed by atoms with Gasteiger partial charge in [0.25, 0.3) is 0 Å². The zero-order valence-electron chi connectivity index (χ0n) is 17.5. The van der Waals surface area contributed by atoms with Gasteiger partial charge in [0.05, 0.1) is 25.4 Å². The molecule has 0 aliphatic carbocycles. The second kappa shape index (κ2) is 8.94. The highest BCUT2D eigenvalue weighted by Crippen LogP contribution is 2.34. The van der Waals surface area contributed by atoms with E-state index in [-0.39, 0.29) is 24.4 Å². The molecule has 4 rings (SSSR count). The van der Waals surface area contributed by atoms with Crippen LogP contribution in [0.25, 0.3) is 0 Å². The van der Waals surface area contributed by atoms with Crippen molar-refractivity contribution in [2.24, 2.45) is 0 Å². The Kier molecular flexibility index (Phi) is 6.32. The monoisotopic (exact) mass is 397 g/mol. The summed E-state index contributed by atoms with van der Waals surface area (Å²) in [4.78, 5) is 2.43. The van der Waals surface area contributed by atoms with Crippen LogP contribution in [0.3, 0.4) is 0 Å². The van der Waals surface area contributed by atoms with Gasteiger partial charge in [0.15, 0.2) is 5.79 Å². The standard InChI is InChI=1S/C24H31NO4/c1-24(2)28-17-21(29-24)22-23(26-3)20(27-16-19-12-8-5-9-13-19)15-25(22)14-18-10-6-4-7-11-18/h4-13,20-23H,14-17H2,1-3H3/t20-,21-,22-,23+/m1/s1. The van der Waals surface area contributed by atoms with E-state index in [0.717, 1.165) is 13.1 Å². The maximum absolute atomic E-state index is 6.34. The van der Waals surface area contributed by atoms with E-state index in [1.165, 1.54) is 11.1 Å². The summed E-state index contributed by atoms with van der Waals surface area (Å²) in [5.41, 5.74) is 2.44. The average molecular weight is 398 g/mol. The van der Waals surface area contributed by atoms with E-state index in [1.54, 1.807) is 7.11 Å². The lowest BCUT2D eigenvalue weighted by molar-refractivity contribution is -0.152. The van der Waals surface area contributed by atoms with E-state index in [1.807, 2.05) is 38.1 Å². The van der Waals surface area contributed by atoms with Crippen molar-refractivity contribution in [3.63, 3.8) is 0 Å². The maximum Gasteiger partial charge on any atom is 0.163 e. The Morgan fingerprint density at radius 1 is 1.00 bits per heavy atom. The first kappa shape index (κ1) is 20.5. The van der Waals surface area contributed by atoms with Crippen LogP contribution in [0.5, 0.6) is 0 Å². The highest BCUT2D eigenvalue weighted by Gasteiger charge is 2.50. The average Bonchev–Trinajstić information content (AvgIpc) is 3.26. The second-order valence-electron chi connectivity index (χ2n) is 8.31. The van der Waals surface area contributed by atoms with Gasteiger partial charge in [0.2, 0.25) is 0 Å². The molecule has 2 aromatic rings. The molecule has 2 aliphatic heterocycles. The highest BCUT2D eigenvalue weighted by molar-refractivity contribution is 5.16. The minimum Gasteiger partial charge on any atom is -0.377 e. The number of hydrogen-bond donors (Lipinski definition) is 0. The molecule has 0 radical (unpaired) electrons. The predicted molar refractivity (Wildman–Crippen MR) is 111 cm³/mol. The third kappa shape index (κ3) is 4.87. The van der Waals surface area contributed by atoms with Crippen LogP contribution in [0.4, 0.5) is 0 Å². The van der Waals surface area contributed by atoms with Gasteiger partial charge in [-0.25, -0.2) is 0 Å². The molecule has 2 heterocycles. The molecule has 0 aromatic heterocycles. The minimum atomic E-state index is -0.565. The maximum atomic E-state index is 6.34. The molecular formula is C24H31NO4. The van der Waals surface area contributed by atoms with Gasteiger partial charge < -0.3 is 18.9 Å². The summed E-state index contributed by atoms with van der Waals surface area (Å²) in [6.07, 6.45) is -0.157. The van der Waals surface area contributed by atoms with Crippen LogP contribution in [-0.4, -0.2) is 55.3 Å². The molecule has 156 valence electrons. The Bertz CT molecular complexity index is 767. The van der Waals surface area contributed by atoms with Gasteiger partial charge in [0.1, 0.15) is 12.2 Å². The molecule has 2 saturated heterocycles. The Morgan fingerprint density at radius 3 is 2.24 bits per heavy atom. The summed E-state index contributed by atoms with van der Waals surface area (Å²) in [5.74, 6) is -0.565. The Balaban J connectivity index is 1.52. The van der Waals surface area contributed by atoms with E-state index in [9.17, 15) is 0 Å². The van der Waals surface area contributed by atoms with Gasteiger partial charge in [-0.05, 0) is 25.0 Å². The molecule has 0 N–H and O–H groups in total. The van der Waals surface area contributed by atoms with E-state index in [2.05, 4.69) is 41.3 Å². The van der Waals surface area contributed by atoms with Crippen molar-refractivity contribution < 1.29 is 18.9 Å². The summed E-state index contributed by atoms with van der Waals surface area (Å²) < 4.78 is 24.4. The molecular weight excluding hydrogens is 366 g/mol. The second-order valence-corrected chi connectivity index (χ2v) is 8.31. The van der Waals surface area contributed by atoms with Crippen molar-refractivity contribution in [2.45, 2.75) is 57.1 Å². The van der Waals surface area contributed by atoms with Crippen LogP contribution in [0.1, 0.15) is 25.0 Å². The zero-order chi connectivity index (χ0) is 20.3. The van der Waals surface area contributed by atoms with Crippen molar-refractivity contribution in [3.8, 4) is 0 Å². The lowest BCUT2D eigenvalue weighted by Gasteiger charge is -2.32. The first-order chi connectivity index (χ1) is 14.1. The molecule has 0 amide bonds. The fourth-order valence-electron chi connectivity index (χ4n) is 4.42. The number of ether oxygens (including phenoxy) is 4. The topological polar surface area (TPSA) is 40.2 Å². The number of likely N-dealkylation sites (tertiary alicyclic amines) is 1. The van der Waals surface area contributed by atoms with Crippen LogP contribution in [0, 0.1) is 0 Å². The molecule has 2 aliphatic rings. The van der Waals surface area contributed by atoms with Crippen LogP contribution < -0.4 is 0 Å². The van der Waals surface area contributed by atoms with Gasteiger partial charge in [-0.1, -0.05) is 60.7 Å². The van der Waals surface area contributed by atoms with E-state index >= 15 is 0 Å². The van der Waals surface area contributed by atoms with Crippen molar-refractivity contribution in [1.82, 2.24) is 4.90 Å². The number of rotatable bonds is 7. The first-order valence-electron chi connectivity index (χ1n) is 10.3. The lowest BCUT2D eigenvalue weighted by Crippen LogP contribution is -2.47. The van der Waals surface area contributed by atoms with Gasteiger partial charge in [0, 0.05) is 20.2 Å². The number of benzene rings is 2. The van der Waals surface area contributed by atoms with Gasteiger partial charge in [-0.15, -0.1) is 0 Å². The number of nitrogens with zero attached hydrogens (tertiary/aromatic N) is 1. The van der Waals surface area contributed by atoms with E-state index in [0.29, 0.717) is 13.2 Å². The van der Waals surface area contributed by atoms with Gasteiger partial charge >= 0.3 is 0 Å². The van der Waals surface area contributed by atoms with Gasteiger partial charge in [-0.3, -0.25) is 4.90 Å². The van der Waals surface area contributed by atoms with E-state index in [4.69, 9.17) is 18.9 Å². The molecule has 29 heavy (non-hydrogen) atoms. The molecule has 0 saturated carbocycles. The van der Waals surface area contributed by atoms with Crippen LogP contribution in [0.2, 0.25) is 0 Å². The molecule has 0 bridgehead atoms. The molecule has 5 heteroatoms. The SMILES string of the molecule is CO[C@@H]1[C@@H]([C@H]2COC(C)(C)O2)N(Cc2ccccc2)C[C@H]1OCc1ccccc1. The van der Waals surface area contributed by atoms with Crippen LogP contribution >= 0.6 is 0 Å². The fourth-order valence-corrected chi connectivity index (χ4v) is 4.42. The molecule has 0 spiro atoms. The fraction of sp³-hybridized carbons (Fsp3) is 0.500. The minimum absolute atomic E-state index is 0.0266. The molecule has 4 atom stereocenters. The summed E-state index contributed by atoms with van der Waals surface area (Å²) in [6.45, 7) is 6.70. The smallest absolute Gasteiger partial charge is 0.163 e. The summed E-state index contributed by atoms with van der Waals surface area (Å²) in [7, 11) is 1.77. The number of methoxy groups -OCH3 is 1. The molecule has 0 unspecified atom stereocenters. The Morgan fingerprint density at radius 2 is 1.66 bits per heavy atom. The number of hydrogen-bond acceptors (Lipinski definition) is 5. The van der Waals surface area contributed by atoms with Crippen LogP contribution in [-0.2, 0) is 32.1 Å². The quantitative estimate of drug-likeness (QED) is 0.714. The molecule has 5 nitrogen and oxygen atoms in total. The lowest BCUT2D eigenvalue weighted by atomic mass is 10.0. The summed E-state index contributed by atoms with van der Waals surface area (Å²) in [6, 6.07) is 20.9. The van der Waals surface area contributed by atoms with Crippen molar-refractivity contribution in [2.75, 3.05) is 20.3 Å². The first-order valence-corrected chi connectivity index (χ1v) is 10.3.